The highest BCUT2D eigenvalue weighted by atomic mass is 79.9. The SMILES string of the molecule is O=C(Cc1ccc(Cl)cc1Cl)N1CCCC(CNC2=CC(c3ccccc3Cl)=NC3=C(Br)C=N[NH+]23)C1. The van der Waals surface area contributed by atoms with E-state index in [4.69, 9.17) is 39.8 Å². The number of allylic oxidation sites excluding steroid dienone is 2. The van der Waals surface area contributed by atoms with Crippen molar-refractivity contribution in [2.45, 2.75) is 19.3 Å². The summed E-state index contributed by atoms with van der Waals surface area (Å²) in [6.07, 6.45) is 6.04. The molecule has 3 aliphatic heterocycles. The molecule has 36 heavy (non-hydrogen) atoms. The van der Waals surface area contributed by atoms with Crippen LogP contribution in [0.3, 0.4) is 0 Å². The van der Waals surface area contributed by atoms with Crippen LogP contribution in [0.5, 0.6) is 0 Å². The van der Waals surface area contributed by atoms with Crippen LogP contribution in [0.15, 0.2) is 74.8 Å². The Bertz CT molecular complexity index is 1320. The zero-order valence-electron chi connectivity index (χ0n) is 19.3. The van der Waals surface area contributed by atoms with Gasteiger partial charge in [0.15, 0.2) is 0 Å². The molecule has 0 aliphatic carbocycles. The number of nitrogens with one attached hydrogen (secondary N) is 2. The summed E-state index contributed by atoms with van der Waals surface area (Å²) >= 11 is 22.3. The van der Waals surface area contributed by atoms with Gasteiger partial charge in [0.1, 0.15) is 10.7 Å². The second kappa shape index (κ2) is 11.1. The van der Waals surface area contributed by atoms with Gasteiger partial charge in [-0.15, -0.1) is 5.01 Å². The molecule has 3 aliphatic rings. The molecule has 2 N–H and O–H groups in total. The number of hydrogen-bond acceptors (Lipinski definition) is 4. The Morgan fingerprint density at radius 3 is 2.81 bits per heavy atom. The summed E-state index contributed by atoms with van der Waals surface area (Å²) in [6.45, 7) is 2.17. The van der Waals surface area contributed by atoms with Gasteiger partial charge in [0, 0.05) is 46.3 Å². The highest BCUT2D eigenvalue weighted by Gasteiger charge is 2.34. The van der Waals surface area contributed by atoms with Crippen LogP contribution in [0, 0.1) is 5.92 Å². The van der Waals surface area contributed by atoms with Crippen LogP contribution in [0.1, 0.15) is 24.0 Å². The predicted molar refractivity (Wildman–Crippen MR) is 149 cm³/mol. The van der Waals surface area contributed by atoms with Crippen LogP contribution < -0.4 is 10.3 Å². The van der Waals surface area contributed by atoms with E-state index in [0.29, 0.717) is 27.5 Å². The van der Waals surface area contributed by atoms with Gasteiger partial charge >= 0.3 is 0 Å². The topological polar surface area (TPSA) is 61.5 Å². The van der Waals surface area contributed by atoms with Crippen molar-refractivity contribution in [2.24, 2.45) is 16.0 Å². The molecule has 1 amide bonds. The molecule has 0 aromatic heterocycles. The zero-order valence-corrected chi connectivity index (χ0v) is 23.1. The number of fused-ring (bicyclic) bond motifs is 1. The fraction of sp³-hybridized carbons (Fsp3) is 0.269. The number of benzene rings is 2. The molecule has 2 unspecified atom stereocenters. The van der Waals surface area contributed by atoms with E-state index in [2.05, 4.69) is 26.3 Å². The van der Waals surface area contributed by atoms with E-state index in [1.54, 1.807) is 18.3 Å². The van der Waals surface area contributed by atoms with E-state index in [-0.39, 0.29) is 12.3 Å². The Kier molecular flexibility index (Phi) is 7.84. The minimum absolute atomic E-state index is 0.0814. The first-order valence-electron chi connectivity index (χ1n) is 11.7. The first-order chi connectivity index (χ1) is 17.4. The van der Waals surface area contributed by atoms with Crippen molar-refractivity contribution in [2.75, 3.05) is 19.6 Å². The van der Waals surface area contributed by atoms with Crippen molar-refractivity contribution in [3.05, 3.63) is 90.9 Å². The molecule has 1 fully saturated rings. The van der Waals surface area contributed by atoms with Gasteiger partial charge in [-0.05, 0) is 58.5 Å². The lowest BCUT2D eigenvalue weighted by Crippen LogP contribution is -3.04. The van der Waals surface area contributed by atoms with E-state index in [1.165, 1.54) is 0 Å². The Morgan fingerprint density at radius 2 is 2.00 bits per heavy atom. The average Bonchev–Trinajstić information content (AvgIpc) is 3.25. The maximum atomic E-state index is 13.0. The summed E-state index contributed by atoms with van der Waals surface area (Å²) in [5, 5.41) is 10.7. The largest absolute Gasteiger partial charge is 0.342 e. The fourth-order valence-electron chi connectivity index (χ4n) is 4.61. The summed E-state index contributed by atoms with van der Waals surface area (Å²) in [5.74, 6) is 2.08. The van der Waals surface area contributed by atoms with Crippen molar-refractivity contribution < 1.29 is 9.80 Å². The number of hydrogen-bond donors (Lipinski definition) is 2. The van der Waals surface area contributed by atoms with Gasteiger partial charge in [-0.25, -0.2) is 0 Å². The number of likely N-dealkylation sites (tertiary alicyclic amines) is 1. The third-order valence-electron chi connectivity index (χ3n) is 6.49. The maximum Gasteiger partial charge on any atom is 0.275 e. The molecule has 5 rings (SSSR count). The smallest absolute Gasteiger partial charge is 0.275 e. The highest BCUT2D eigenvalue weighted by molar-refractivity contribution is 9.12. The lowest BCUT2D eigenvalue weighted by molar-refractivity contribution is -0.829. The number of carbonyl (C=O) groups is 1. The number of piperidine rings is 1. The van der Waals surface area contributed by atoms with E-state index < -0.39 is 0 Å². The normalized spacial score (nSPS) is 21.3. The van der Waals surface area contributed by atoms with Crippen molar-refractivity contribution in [1.82, 2.24) is 10.2 Å². The molecule has 0 radical (unpaired) electrons. The molecule has 0 spiro atoms. The standard InChI is InChI=1S/C26H23BrCl3N5O/c27-20-14-32-35-24(12-23(33-26(20)35)19-5-1-2-6-21(19)29)31-13-16-4-3-9-34(15-16)25(36)10-17-7-8-18(28)11-22(17)30/h1-2,5-8,11-12,14,16,31H,3-4,9-10,13,15H2/p+1. The lowest BCUT2D eigenvalue weighted by atomic mass is 9.97. The summed E-state index contributed by atoms with van der Waals surface area (Å²) in [5.41, 5.74) is 2.45. The molecule has 3 heterocycles. The molecule has 10 heteroatoms. The van der Waals surface area contributed by atoms with Gasteiger partial charge in [0.2, 0.25) is 11.7 Å². The first kappa shape index (κ1) is 25.5. The van der Waals surface area contributed by atoms with Crippen LogP contribution in [0.25, 0.3) is 0 Å². The Labute approximate surface area is 233 Å². The lowest BCUT2D eigenvalue weighted by Gasteiger charge is -2.33. The third kappa shape index (κ3) is 5.55. The second-order valence-electron chi connectivity index (χ2n) is 8.98. The highest BCUT2D eigenvalue weighted by Crippen LogP contribution is 2.24. The fourth-order valence-corrected chi connectivity index (χ4v) is 5.70. The number of halogens is 4. The van der Waals surface area contributed by atoms with Gasteiger partial charge in [-0.1, -0.05) is 64.2 Å². The number of rotatable bonds is 6. The van der Waals surface area contributed by atoms with Crippen molar-refractivity contribution in [1.29, 1.82) is 0 Å². The van der Waals surface area contributed by atoms with Gasteiger partial charge in [-0.2, -0.15) is 4.99 Å². The molecule has 0 bridgehead atoms. The number of amides is 1. The minimum atomic E-state index is 0.0814. The van der Waals surface area contributed by atoms with Gasteiger partial charge < -0.3 is 10.2 Å². The second-order valence-corrected chi connectivity index (χ2v) is 11.1. The minimum Gasteiger partial charge on any atom is -0.342 e. The van der Waals surface area contributed by atoms with E-state index in [9.17, 15) is 4.79 Å². The predicted octanol–water partition coefficient (Wildman–Crippen LogP) is 4.81. The molecule has 6 nitrogen and oxygen atoms in total. The molecule has 2 atom stereocenters. The summed E-state index contributed by atoms with van der Waals surface area (Å²) < 4.78 is 0.838. The molecule has 0 saturated carbocycles. The molecule has 186 valence electrons. The molecule has 1 saturated heterocycles. The Hall–Kier alpha value is -2.16. The summed E-state index contributed by atoms with van der Waals surface area (Å²) in [7, 11) is 0. The van der Waals surface area contributed by atoms with Crippen molar-refractivity contribution in [3.8, 4) is 0 Å². The molecular weight excluding hydrogens is 585 g/mol. The van der Waals surface area contributed by atoms with Gasteiger partial charge in [0.05, 0.1) is 12.1 Å². The van der Waals surface area contributed by atoms with Crippen LogP contribution in [0.4, 0.5) is 0 Å². The van der Waals surface area contributed by atoms with Gasteiger partial charge in [-0.3, -0.25) is 4.79 Å². The van der Waals surface area contributed by atoms with E-state index >= 15 is 0 Å². The summed E-state index contributed by atoms with van der Waals surface area (Å²) in [6, 6.07) is 12.9. The number of quaternary nitrogens is 1. The van der Waals surface area contributed by atoms with Crippen molar-refractivity contribution >= 4 is 68.6 Å². The Balaban J connectivity index is 1.26. The van der Waals surface area contributed by atoms with Crippen LogP contribution in [-0.4, -0.2) is 42.4 Å². The molecule has 2 aromatic rings. The van der Waals surface area contributed by atoms with Crippen LogP contribution >= 0.6 is 50.7 Å². The van der Waals surface area contributed by atoms with E-state index in [0.717, 1.165) is 63.9 Å². The summed E-state index contributed by atoms with van der Waals surface area (Å²) in [4.78, 5) is 19.8. The Morgan fingerprint density at radius 1 is 1.17 bits per heavy atom. The maximum absolute atomic E-state index is 13.0. The number of nitrogens with zero attached hydrogens (tertiary/aromatic N) is 3. The number of aliphatic imine (C=N–C) groups is 1. The van der Waals surface area contributed by atoms with E-state index in [1.807, 2.05) is 41.3 Å². The zero-order chi connectivity index (χ0) is 25.2. The van der Waals surface area contributed by atoms with Crippen LogP contribution in [-0.2, 0) is 11.2 Å². The quantitative estimate of drug-likeness (QED) is 0.495. The van der Waals surface area contributed by atoms with Crippen molar-refractivity contribution in [3.63, 3.8) is 0 Å². The number of carbonyl (C=O) groups excluding carboxylic acids is 1. The molecule has 2 aromatic carbocycles. The average molecular weight is 609 g/mol. The van der Waals surface area contributed by atoms with Crippen LogP contribution in [0.2, 0.25) is 15.1 Å². The third-order valence-corrected chi connectivity index (χ3v) is 7.98. The molecular formula is C26H24BrCl3N5O+. The monoisotopic (exact) mass is 606 g/mol. The van der Waals surface area contributed by atoms with Gasteiger partial charge in [0.25, 0.3) is 5.82 Å². The first-order valence-corrected chi connectivity index (χ1v) is 13.6.